The zero-order chi connectivity index (χ0) is 13.1. The Hall–Kier alpha value is -1.74. The summed E-state index contributed by atoms with van der Waals surface area (Å²) in [6.45, 7) is 5.79. The van der Waals surface area contributed by atoms with Crippen molar-refractivity contribution in [3.63, 3.8) is 0 Å². The number of rotatable bonds is 4. The summed E-state index contributed by atoms with van der Waals surface area (Å²) in [5.41, 5.74) is 10.4. The Morgan fingerprint density at radius 3 is 2.56 bits per heavy atom. The summed E-state index contributed by atoms with van der Waals surface area (Å²) >= 11 is 0. The summed E-state index contributed by atoms with van der Waals surface area (Å²) in [4.78, 5) is 2.25. The fourth-order valence-corrected chi connectivity index (χ4v) is 2.02. The van der Waals surface area contributed by atoms with E-state index in [1.54, 1.807) is 6.26 Å². The maximum atomic E-state index is 5.92. The van der Waals surface area contributed by atoms with Gasteiger partial charge >= 0.3 is 0 Å². The lowest BCUT2D eigenvalue weighted by Crippen LogP contribution is -2.17. The number of anilines is 1. The second-order valence-electron chi connectivity index (χ2n) is 4.87. The van der Waals surface area contributed by atoms with Crippen LogP contribution in [-0.4, -0.2) is 11.9 Å². The molecule has 2 aromatic rings. The molecule has 0 saturated carbocycles. The molecule has 0 saturated heterocycles. The molecular formula is C15H20N2O. The van der Waals surface area contributed by atoms with E-state index in [2.05, 4.69) is 24.1 Å². The summed E-state index contributed by atoms with van der Waals surface area (Å²) < 4.78 is 5.30. The van der Waals surface area contributed by atoms with Gasteiger partial charge in [0.25, 0.3) is 0 Å². The minimum atomic E-state index is 0.861. The number of nitrogen functional groups attached to an aromatic ring is 1. The van der Waals surface area contributed by atoms with E-state index in [9.17, 15) is 0 Å². The highest BCUT2D eigenvalue weighted by atomic mass is 16.3. The maximum Gasteiger partial charge on any atom is 0.105 e. The molecule has 0 bridgehead atoms. The van der Waals surface area contributed by atoms with Crippen molar-refractivity contribution in [1.82, 2.24) is 4.90 Å². The molecule has 2 rings (SSSR count). The van der Waals surface area contributed by atoms with Gasteiger partial charge in [-0.1, -0.05) is 12.1 Å². The Kier molecular flexibility index (Phi) is 3.72. The van der Waals surface area contributed by atoms with Crippen molar-refractivity contribution in [2.75, 3.05) is 12.8 Å². The normalized spacial score (nSPS) is 11.1. The quantitative estimate of drug-likeness (QED) is 0.840. The standard InChI is InChI=1S/C15H20N2O/c1-11-4-5-13(8-15(11)16)9-17(3)10-14-6-7-18-12(14)2/h4-8H,9-10,16H2,1-3H3. The largest absolute Gasteiger partial charge is 0.469 e. The predicted octanol–water partition coefficient (Wildman–Crippen LogP) is 3.11. The third-order valence-electron chi connectivity index (χ3n) is 3.20. The molecule has 0 radical (unpaired) electrons. The van der Waals surface area contributed by atoms with Crippen molar-refractivity contribution in [1.29, 1.82) is 0 Å². The number of benzene rings is 1. The lowest BCUT2D eigenvalue weighted by molar-refractivity contribution is 0.316. The molecule has 2 N–H and O–H groups in total. The summed E-state index contributed by atoms with van der Waals surface area (Å²) in [5, 5.41) is 0. The molecule has 18 heavy (non-hydrogen) atoms. The molecule has 3 heteroatoms. The fourth-order valence-electron chi connectivity index (χ4n) is 2.02. The monoisotopic (exact) mass is 244 g/mol. The van der Waals surface area contributed by atoms with E-state index < -0.39 is 0 Å². The van der Waals surface area contributed by atoms with Crippen molar-refractivity contribution in [2.24, 2.45) is 0 Å². The van der Waals surface area contributed by atoms with E-state index in [4.69, 9.17) is 10.2 Å². The molecule has 0 aliphatic heterocycles. The van der Waals surface area contributed by atoms with Gasteiger partial charge in [0.1, 0.15) is 5.76 Å². The fraction of sp³-hybridized carbons (Fsp3) is 0.333. The van der Waals surface area contributed by atoms with Gasteiger partial charge in [-0.25, -0.2) is 0 Å². The van der Waals surface area contributed by atoms with Crippen LogP contribution in [0.4, 0.5) is 5.69 Å². The third-order valence-corrected chi connectivity index (χ3v) is 3.20. The number of hydrogen-bond acceptors (Lipinski definition) is 3. The van der Waals surface area contributed by atoms with E-state index >= 15 is 0 Å². The Morgan fingerprint density at radius 2 is 1.94 bits per heavy atom. The molecule has 0 aliphatic carbocycles. The van der Waals surface area contributed by atoms with Crippen LogP contribution in [0.15, 0.2) is 34.9 Å². The lowest BCUT2D eigenvalue weighted by atomic mass is 10.1. The van der Waals surface area contributed by atoms with Crippen molar-refractivity contribution >= 4 is 5.69 Å². The Bertz CT molecular complexity index is 531. The molecule has 1 aromatic heterocycles. The summed E-state index contributed by atoms with van der Waals surface area (Å²) in [7, 11) is 2.10. The lowest BCUT2D eigenvalue weighted by Gasteiger charge is -2.17. The van der Waals surface area contributed by atoms with Crippen LogP contribution in [0.2, 0.25) is 0 Å². The highest BCUT2D eigenvalue weighted by Gasteiger charge is 2.06. The molecule has 3 nitrogen and oxygen atoms in total. The van der Waals surface area contributed by atoms with Crippen LogP contribution >= 0.6 is 0 Å². The molecule has 0 unspecified atom stereocenters. The molecule has 1 aromatic carbocycles. The number of nitrogens with zero attached hydrogens (tertiary/aromatic N) is 1. The van der Waals surface area contributed by atoms with Gasteiger partial charge in [0.05, 0.1) is 6.26 Å². The van der Waals surface area contributed by atoms with Gasteiger partial charge in [-0.15, -0.1) is 0 Å². The Balaban J connectivity index is 2.01. The zero-order valence-electron chi connectivity index (χ0n) is 11.2. The van der Waals surface area contributed by atoms with E-state index in [1.165, 1.54) is 11.1 Å². The molecule has 0 fully saturated rings. The number of aryl methyl sites for hydroxylation is 2. The zero-order valence-corrected chi connectivity index (χ0v) is 11.2. The number of nitrogens with two attached hydrogens (primary N) is 1. The van der Waals surface area contributed by atoms with Gasteiger partial charge in [0.2, 0.25) is 0 Å². The van der Waals surface area contributed by atoms with Crippen LogP contribution in [0.1, 0.15) is 22.5 Å². The summed E-state index contributed by atoms with van der Waals surface area (Å²) in [6.07, 6.45) is 1.74. The second kappa shape index (κ2) is 5.27. The van der Waals surface area contributed by atoms with Gasteiger partial charge < -0.3 is 10.2 Å². The average molecular weight is 244 g/mol. The molecular weight excluding hydrogens is 224 g/mol. The number of hydrogen-bond donors (Lipinski definition) is 1. The van der Waals surface area contributed by atoms with E-state index in [-0.39, 0.29) is 0 Å². The minimum Gasteiger partial charge on any atom is -0.469 e. The first-order chi connectivity index (χ1) is 8.56. The first-order valence-corrected chi connectivity index (χ1v) is 6.13. The van der Waals surface area contributed by atoms with E-state index in [1.807, 2.05) is 26.0 Å². The van der Waals surface area contributed by atoms with Crippen LogP contribution in [-0.2, 0) is 13.1 Å². The smallest absolute Gasteiger partial charge is 0.105 e. The average Bonchev–Trinajstić information content (AvgIpc) is 2.70. The topological polar surface area (TPSA) is 42.4 Å². The Morgan fingerprint density at radius 1 is 1.17 bits per heavy atom. The maximum absolute atomic E-state index is 5.92. The van der Waals surface area contributed by atoms with Crippen LogP contribution in [0.25, 0.3) is 0 Å². The van der Waals surface area contributed by atoms with Gasteiger partial charge in [0, 0.05) is 24.3 Å². The van der Waals surface area contributed by atoms with Crippen molar-refractivity contribution in [3.8, 4) is 0 Å². The molecule has 0 aliphatic rings. The van der Waals surface area contributed by atoms with Crippen LogP contribution in [0, 0.1) is 13.8 Å². The molecule has 0 amide bonds. The summed E-state index contributed by atoms with van der Waals surface area (Å²) in [6, 6.07) is 8.27. The van der Waals surface area contributed by atoms with Crippen LogP contribution in [0.5, 0.6) is 0 Å². The van der Waals surface area contributed by atoms with Gasteiger partial charge in [-0.3, -0.25) is 4.90 Å². The predicted molar refractivity (Wildman–Crippen MR) is 74.2 cm³/mol. The first kappa shape index (κ1) is 12.7. The SMILES string of the molecule is Cc1ccc(CN(C)Cc2ccoc2C)cc1N. The molecule has 0 atom stereocenters. The van der Waals surface area contributed by atoms with Gasteiger partial charge in [-0.05, 0) is 44.2 Å². The van der Waals surface area contributed by atoms with Crippen molar-refractivity contribution in [3.05, 3.63) is 53.0 Å². The van der Waals surface area contributed by atoms with E-state index in [0.717, 1.165) is 30.1 Å². The third kappa shape index (κ3) is 2.93. The van der Waals surface area contributed by atoms with E-state index in [0.29, 0.717) is 0 Å². The summed E-state index contributed by atoms with van der Waals surface area (Å²) in [5.74, 6) is 0.991. The van der Waals surface area contributed by atoms with Crippen molar-refractivity contribution in [2.45, 2.75) is 26.9 Å². The highest BCUT2D eigenvalue weighted by Crippen LogP contribution is 2.16. The van der Waals surface area contributed by atoms with Gasteiger partial charge in [-0.2, -0.15) is 0 Å². The molecule has 0 spiro atoms. The first-order valence-electron chi connectivity index (χ1n) is 6.13. The molecule has 1 heterocycles. The van der Waals surface area contributed by atoms with Crippen LogP contribution < -0.4 is 5.73 Å². The second-order valence-corrected chi connectivity index (χ2v) is 4.87. The van der Waals surface area contributed by atoms with Gasteiger partial charge in [0.15, 0.2) is 0 Å². The Labute approximate surface area is 108 Å². The highest BCUT2D eigenvalue weighted by molar-refractivity contribution is 5.48. The van der Waals surface area contributed by atoms with Crippen molar-refractivity contribution < 1.29 is 4.42 Å². The minimum absolute atomic E-state index is 0.861. The number of furan rings is 1. The molecule has 96 valence electrons. The van der Waals surface area contributed by atoms with Crippen LogP contribution in [0.3, 0.4) is 0 Å².